The van der Waals surface area contributed by atoms with Gasteiger partial charge in [-0.25, -0.2) is 4.99 Å². The number of rotatable bonds is 3. The SMILES string of the molecule is CC(O)CC1N=C(Nc2nc3ccccc3o2)NC1=O. The molecule has 2 unspecified atom stereocenters. The molecule has 0 radical (unpaired) electrons. The van der Waals surface area contributed by atoms with E-state index in [9.17, 15) is 9.90 Å². The first kappa shape index (κ1) is 12.6. The van der Waals surface area contributed by atoms with Gasteiger partial charge in [0.2, 0.25) is 5.96 Å². The molecule has 0 spiro atoms. The van der Waals surface area contributed by atoms with Crippen LogP contribution in [0.15, 0.2) is 33.7 Å². The fourth-order valence-electron chi connectivity index (χ4n) is 2.02. The molecule has 2 aromatic rings. The van der Waals surface area contributed by atoms with Gasteiger partial charge in [0, 0.05) is 6.42 Å². The lowest BCUT2D eigenvalue weighted by molar-refractivity contribution is -0.120. The van der Waals surface area contributed by atoms with E-state index in [4.69, 9.17) is 4.42 Å². The molecule has 7 heteroatoms. The number of aliphatic hydroxyl groups is 1. The van der Waals surface area contributed by atoms with Crippen molar-refractivity contribution < 1.29 is 14.3 Å². The van der Waals surface area contributed by atoms with Gasteiger partial charge in [-0.3, -0.25) is 15.4 Å². The smallest absolute Gasteiger partial charge is 0.302 e. The van der Waals surface area contributed by atoms with Crippen molar-refractivity contribution in [3.8, 4) is 0 Å². The van der Waals surface area contributed by atoms with Crippen LogP contribution in [0.25, 0.3) is 11.1 Å². The second-order valence-electron chi connectivity index (χ2n) is 4.68. The molecule has 0 aliphatic carbocycles. The van der Waals surface area contributed by atoms with E-state index < -0.39 is 12.1 Å². The maximum absolute atomic E-state index is 11.7. The van der Waals surface area contributed by atoms with Crippen LogP contribution in [0.5, 0.6) is 0 Å². The second-order valence-corrected chi connectivity index (χ2v) is 4.68. The minimum absolute atomic E-state index is 0.246. The van der Waals surface area contributed by atoms with Gasteiger partial charge in [-0.2, -0.15) is 4.98 Å². The molecule has 0 fully saturated rings. The van der Waals surface area contributed by atoms with E-state index >= 15 is 0 Å². The molecule has 0 bridgehead atoms. The highest BCUT2D eigenvalue weighted by Gasteiger charge is 2.28. The number of nitrogens with one attached hydrogen (secondary N) is 2. The Bertz CT molecular complexity index is 644. The minimum Gasteiger partial charge on any atom is -0.423 e. The molecule has 2 heterocycles. The van der Waals surface area contributed by atoms with Crippen molar-refractivity contribution in [1.82, 2.24) is 10.3 Å². The van der Waals surface area contributed by atoms with Gasteiger partial charge in [-0.05, 0) is 19.1 Å². The third kappa shape index (κ3) is 2.48. The van der Waals surface area contributed by atoms with E-state index in [1.54, 1.807) is 13.0 Å². The predicted octanol–water partition coefficient (Wildman–Crippen LogP) is 0.865. The van der Waals surface area contributed by atoms with Crippen molar-refractivity contribution in [2.75, 3.05) is 5.32 Å². The van der Waals surface area contributed by atoms with Crippen molar-refractivity contribution in [3.63, 3.8) is 0 Å². The first-order valence-corrected chi connectivity index (χ1v) is 6.31. The van der Waals surface area contributed by atoms with E-state index in [-0.39, 0.29) is 24.3 Å². The Kier molecular flexibility index (Phi) is 3.11. The number of benzene rings is 1. The van der Waals surface area contributed by atoms with Gasteiger partial charge in [0.1, 0.15) is 11.6 Å². The van der Waals surface area contributed by atoms with Crippen LogP contribution < -0.4 is 10.6 Å². The fourth-order valence-corrected chi connectivity index (χ4v) is 2.02. The summed E-state index contributed by atoms with van der Waals surface area (Å²) in [5, 5.41) is 14.7. The highest BCUT2D eigenvalue weighted by atomic mass is 16.4. The molecule has 3 N–H and O–H groups in total. The Morgan fingerprint density at radius 2 is 2.30 bits per heavy atom. The Balaban J connectivity index is 1.76. The number of hydrogen-bond acceptors (Lipinski definition) is 6. The van der Waals surface area contributed by atoms with Gasteiger partial charge >= 0.3 is 6.01 Å². The number of amides is 1. The number of oxazole rings is 1. The fraction of sp³-hybridized carbons (Fsp3) is 0.308. The molecule has 1 aliphatic heterocycles. The van der Waals surface area contributed by atoms with Crippen LogP contribution in [0.2, 0.25) is 0 Å². The van der Waals surface area contributed by atoms with Crippen LogP contribution in [0.1, 0.15) is 13.3 Å². The largest absolute Gasteiger partial charge is 0.423 e. The van der Waals surface area contributed by atoms with E-state index in [1.807, 2.05) is 18.2 Å². The van der Waals surface area contributed by atoms with Gasteiger partial charge in [-0.15, -0.1) is 0 Å². The summed E-state index contributed by atoms with van der Waals surface area (Å²) in [6.07, 6.45) is -0.303. The lowest BCUT2D eigenvalue weighted by Gasteiger charge is -2.05. The Labute approximate surface area is 114 Å². The standard InChI is InChI=1S/C13H14N4O3/c1-7(18)6-9-11(19)16-12(14-9)17-13-15-8-4-2-3-5-10(8)20-13/h2-5,7,9,18H,6H2,1H3,(H2,14,15,16,17,19). The Morgan fingerprint density at radius 1 is 1.50 bits per heavy atom. The number of para-hydroxylation sites is 2. The number of aromatic nitrogens is 1. The first-order chi connectivity index (χ1) is 9.61. The normalized spacial score (nSPS) is 19.8. The summed E-state index contributed by atoms with van der Waals surface area (Å²) in [5.41, 5.74) is 1.38. The molecule has 1 amide bonds. The Hall–Kier alpha value is -2.41. The zero-order valence-electron chi connectivity index (χ0n) is 10.8. The van der Waals surface area contributed by atoms with E-state index in [0.29, 0.717) is 5.58 Å². The highest BCUT2D eigenvalue weighted by molar-refractivity contribution is 6.09. The topological polar surface area (TPSA) is 99.8 Å². The van der Waals surface area contributed by atoms with Crippen molar-refractivity contribution in [2.24, 2.45) is 4.99 Å². The number of aliphatic hydroxyl groups excluding tert-OH is 1. The van der Waals surface area contributed by atoms with Crippen molar-refractivity contribution in [1.29, 1.82) is 0 Å². The molecule has 3 rings (SSSR count). The van der Waals surface area contributed by atoms with Crippen LogP contribution in [0.4, 0.5) is 6.01 Å². The van der Waals surface area contributed by atoms with Crippen molar-refractivity contribution >= 4 is 29.0 Å². The van der Waals surface area contributed by atoms with Gasteiger partial charge < -0.3 is 9.52 Å². The number of fused-ring (bicyclic) bond motifs is 1. The van der Waals surface area contributed by atoms with Crippen LogP contribution in [-0.2, 0) is 4.79 Å². The average molecular weight is 274 g/mol. The zero-order chi connectivity index (χ0) is 14.1. The average Bonchev–Trinajstić information content (AvgIpc) is 2.92. The lowest BCUT2D eigenvalue weighted by Crippen LogP contribution is -2.33. The lowest BCUT2D eigenvalue weighted by atomic mass is 10.1. The zero-order valence-corrected chi connectivity index (χ0v) is 10.8. The first-order valence-electron chi connectivity index (χ1n) is 6.31. The van der Waals surface area contributed by atoms with Crippen LogP contribution in [-0.4, -0.2) is 34.1 Å². The maximum Gasteiger partial charge on any atom is 0.302 e. The number of anilines is 1. The monoisotopic (exact) mass is 274 g/mol. The van der Waals surface area contributed by atoms with Gasteiger partial charge in [0.15, 0.2) is 5.58 Å². The number of nitrogens with zero attached hydrogens (tertiary/aromatic N) is 2. The maximum atomic E-state index is 11.7. The molecule has 0 saturated heterocycles. The molecule has 1 aromatic heterocycles. The highest BCUT2D eigenvalue weighted by Crippen LogP contribution is 2.18. The van der Waals surface area contributed by atoms with E-state index in [2.05, 4.69) is 20.6 Å². The van der Waals surface area contributed by atoms with Crippen molar-refractivity contribution in [2.45, 2.75) is 25.5 Å². The van der Waals surface area contributed by atoms with Crippen LogP contribution in [0.3, 0.4) is 0 Å². The third-order valence-electron chi connectivity index (χ3n) is 2.91. The molecule has 104 valence electrons. The number of guanidine groups is 1. The molecular formula is C13H14N4O3. The molecule has 2 atom stereocenters. The summed E-state index contributed by atoms with van der Waals surface area (Å²) in [7, 11) is 0. The second kappa shape index (κ2) is 4.93. The summed E-state index contributed by atoms with van der Waals surface area (Å²) in [4.78, 5) is 20.0. The summed E-state index contributed by atoms with van der Waals surface area (Å²) in [6, 6.07) is 7.03. The minimum atomic E-state index is -0.585. The van der Waals surface area contributed by atoms with Crippen LogP contribution in [0, 0.1) is 0 Å². The van der Waals surface area contributed by atoms with Crippen molar-refractivity contribution in [3.05, 3.63) is 24.3 Å². The summed E-state index contributed by atoms with van der Waals surface area (Å²) >= 11 is 0. The number of carbonyl (C=O) groups excluding carboxylic acids is 1. The summed E-state index contributed by atoms with van der Waals surface area (Å²) < 4.78 is 5.48. The molecule has 1 aromatic carbocycles. The summed E-state index contributed by atoms with van der Waals surface area (Å²) in [5.74, 6) is 0.0386. The Morgan fingerprint density at radius 3 is 3.05 bits per heavy atom. The number of aliphatic imine (C=N–C) groups is 1. The van der Waals surface area contributed by atoms with Crippen LogP contribution >= 0.6 is 0 Å². The molecule has 0 saturated carbocycles. The predicted molar refractivity (Wildman–Crippen MR) is 73.3 cm³/mol. The summed E-state index contributed by atoms with van der Waals surface area (Å²) in [6.45, 7) is 1.62. The molecular weight excluding hydrogens is 260 g/mol. The molecule has 7 nitrogen and oxygen atoms in total. The van der Waals surface area contributed by atoms with Gasteiger partial charge in [-0.1, -0.05) is 12.1 Å². The number of carbonyl (C=O) groups is 1. The van der Waals surface area contributed by atoms with E-state index in [1.165, 1.54) is 0 Å². The van der Waals surface area contributed by atoms with Gasteiger partial charge in [0.05, 0.1) is 6.10 Å². The van der Waals surface area contributed by atoms with E-state index in [0.717, 1.165) is 5.52 Å². The van der Waals surface area contributed by atoms with Gasteiger partial charge in [0.25, 0.3) is 5.91 Å². The quantitative estimate of drug-likeness (QED) is 0.771. The molecule has 1 aliphatic rings. The number of hydrogen-bond donors (Lipinski definition) is 3. The molecule has 20 heavy (non-hydrogen) atoms. The third-order valence-corrected chi connectivity index (χ3v) is 2.91.